The molecule has 66 valence electrons. The molecule has 0 aromatic rings. The second-order valence-electron chi connectivity index (χ2n) is 3.46. The van der Waals surface area contributed by atoms with Gasteiger partial charge in [-0.25, -0.2) is 0 Å². The molecule has 3 heteroatoms. The summed E-state index contributed by atoms with van der Waals surface area (Å²) in [4.78, 5) is 12.7. The van der Waals surface area contributed by atoms with Crippen LogP contribution in [0.1, 0.15) is 13.3 Å². The van der Waals surface area contributed by atoms with Gasteiger partial charge in [-0.2, -0.15) is 0 Å². The molecule has 1 heterocycles. The van der Waals surface area contributed by atoms with Crippen molar-refractivity contribution in [2.45, 2.75) is 19.4 Å². The van der Waals surface area contributed by atoms with E-state index in [-0.39, 0.29) is 11.9 Å². The Morgan fingerprint density at radius 3 is 2.83 bits per heavy atom. The Morgan fingerprint density at radius 2 is 2.33 bits per heavy atom. The summed E-state index contributed by atoms with van der Waals surface area (Å²) in [6.07, 6.45) is 5.99. The number of nitrogens with zero attached hydrogens (tertiary/aromatic N) is 1. The van der Waals surface area contributed by atoms with Gasteiger partial charge in [-0.05, 0) is 18.3 Å². The van der Waals surface area contributed by atoms with Crippen LogP contribution in [0.15, 0.2) is 0 Å². The number of piperidine rings is 1. The maximum Gasteiger partial charge on any atom is 0.298 e. The molecular weight excluding hydrogens is 152 g/mol. The first kappa shape index (κ1) is 9.08. The van der Waals surface area contributed by atoms with Crippen molar-refractivity contribution in [1.82, 2.24) is 4.90 Å². The van der Waals surface area contributed by atoms with Crippen LogP contribution in [-0.4, -0.2) is 29.9 Å². The fourth-order valence-electron chi connectivity index (χ4n) is 1.66. The summed E-state index contributed by atoms with van der Waals surface area (Å²) in [5.74, 6) is 2.33. The number of rotatable bonds is 0. The van der Waals surface area contributed by atoms with Crippen molar-refractivity contribution in [3.8, 4) is 12.3 Å². The third kappa shape index (κ3) is 1.99. The summed E-state index contributed by atoms with van der Waals surface area (Å²) in [5.41, 5.74) is 5.75. The third-order valence-corrected chi connectivity index (χ3v) is 2.10. The van der Waals surface area contributed by atoms with Gasteiger partial charge in [-0.3, -0.25) is 4.79 Å². The summed E-state index contributed by atoms with van der Waals surface area (Å²) in [6, 6.07) is 0.0889. The van der Waals surface area contributed by atoms with Crippen LogP contribution in [0.5, 0.6) is 0 Å². The number of terminal acetylenes is 1. The standard InChI is InChI=1S/C9H14N2O/c1-3-9(12)11-5-7(2)4-8(10)6-11/h1,7-8H,4-6,10H2,2H3. The van der Waals surface area contributed by atoms with Gasteiger partial charge < -0.3 is 10.6 Å². The lowest BCUT2D eigenvalue weighted by molar-refractivity contribution is -0.127. The molecule has 0 aliphatic carbocycles. The second-order valence-corrected chi connectivity index (χ2v) is 3.46. The van der Waals surface area contributed by atoms with E-state index in [2.05, 4.69) is 12.8 Å². The summed E-state index contributed by atoms with van der Waals surface area (Å²) in [5, 5.41) is 0. The van der Waals surface area contributed by atoms with E-state index in [1.165, 1.54) is 0 Å². The zero-order valence-corrected chi connectivity index (χ0v) is 7.29. The van der Waals surface area contributed by atoms with Gasteiger partial charge >= 0.3 is 0 Å². The molecule has 0 radical (unpaired) electrons. The monoisotopic (exact) mass is 166 g/mol. The number of likely N-dealkylation sites (tertiary alicyclic amines) is 1. The Hall–Kier alpha value is -1.01. The Balaban J connectivity index is 2.56. The lowest BCUT2D eigenvalue weighted by Crippen LogP contribution is -2.48. The molecule has 1 aliphatic rings. The minimum atomic E-state index is -0.239. The third-order valence-electron chi connectivity index (χ3n) is 2.10. The highest BCUT2D eigenvalue weighted by Gasteiger charge is 2.24. The lowest BCUT2D eigenvalue weighted by atomic mass is 9.97. The number of amides is 1. The van der Waals surface area contributed by atoms with Crippen molar-refractivity contribution in [3.63, 3.8) is 0 Å². The van der Waals surface area contributed by atoms with E-state index in [0.717, 1.165) is 13.0 Å². The predicted molar refractivity (Wildman–Crippen MR) is 47.2 cm³/mol. The van der Waals surface area contributed by atoms with E-state index in [4.69, 9.17) is 12.2 Å². The van der Waals surface area contributed by atoms with Crippen molar-refractivity contribution < 1.29 is 4.79 Å². The number of hydrogen-bond donors (Lipinski definition) is 1. The van der Waals surface area contributed by atoms with E-state index < -0.39 is 0 Å². The van der Waals surface area contributed by atoms with Gasteiger partial charge in [0.1, 0.15) is 0 Å². The van der Waals surface area contributed by atoms with Gasteiger partial charge in [0.05, 0.1) is 0 Å². The van der Waals surface area contributed by atoms with Gasteiger partial charge in [0, 0.05) is 19.1 Å². The molecule has 2 N–H and O–H groups in total. The van der Waals surface area contributed by atoms with Crippen LogP contribution in [0.25, 0.3) is 0 Å². The van der Waals surface area contributed by atoms with Crippen molar-refractivity contribution in [2.75, 3.05) is 13.1 Å². The molecule has 0 saturated carbocycles. The molecule has 1 aliphatic heterocycles. The molecule has 1 amide bonds. The summed E-state index contributed by atoms with van der Waals surface area (Å²) < 4.78 is 0. The van der Waals surface area contributed by atoms with Gasteiger partial charge in [0.2, 0.25) is 0 Å². The van der Waals surface area contributed by atoms with Crippen LogP contribution >= 0.6 is 0 Å². The minimum absolute atomic E-state index is 0.0889. The smallest absolute Gasteiger partial charge is 0.298 e. The van der Waals surface area contributed by atoms with Crippen LogP contribution < -0.4 is 5.73 Å². The molecule has 0 spiro atoms. The Kier molecular flexibility index (Phi) is 2.72. The predicted octanol–water partition coefficient (Wildman–Crippen LogP) is -0.185. The largest absolute Gasteiger partial charge is 0.330 e. The molecule has 0 aromatic heterocycles. The van der Waals surface area contributed by atoms with Gasteiger partial charge in [-0.1, -0.05) is 6.92 Å². The first-order valence-corrected chi connectivity index (χ1v) is 4.14. The molecule has 12 heavy (non-hydrogen) atoms. The summed E-state index contributed by atoms with van der Waals surface area (Å²) >= 11 is 0. The number of hydrogen-bond acceptors (Lipinski definition) is 2. The molecule has 1 saturated heterocycles. The Labute approximate surface area is 72.9 Å². The van der Waals surface area contributed by atoms with E-state index in [9.17, 15) is 4.79 Å². The second kappa shape index (κ2) is 3.59. The molecular formula is C9H14N2O. The Morgan fingerprint density at radius 1 is 1.67 bits per heavy atom. The normalized spacial score (nSPS) is 29.6. The first-order chi connectivity index (χ1) is 5.63. The Bertz CT molecular complexity index is 209. The van der Waals surface area contributed by atoms with Crippen molar-refractivity contribution in [2.24, 2.45) is 11.7 Å². The average molecular weight is 166 g/mol. The summed E-state index contributed by atoms with van der Waals surface area (Å²) in [7, 11) is 0. The topological polar surface area (TPSA) is 46.3 Å². The minimum Gasteiger partial charge on any atom is -0.330 e. The highest BCUT2D eigenvalue weighted by atomic mass is 16.2. The van der Waals surface area contributed by atoms with Crippen molar-refractivity contribution in [1.29, 1.82) is 0 Å². The van der Waals surface area contributed by atoms with E-state index in [0.29, 0.717) is 12.5 Å². The first-order valence-electron chi connectivity index (χ1n) is 4.14. The van der Waals surface area contributed by atoms with E-state index >= 15 is 0 Å². The van der Waals surface area contributed by atoms with Crippen molar-refractivity contribution in [3.05, 3.63) is 0 Å². The van der Waals surface area contributed by atoms with E-state index in [1.54, 1.807) is 4.90 Å². The van der Waals surface area contributed by atoms with Crippen LogP contribution in [0.2, 0.25) is 0 Å². The maximum atomic E-state index is 11.1. The summed E-state index contributed by atoms with van der Waals surface area (Å²) in [6.45, 7) is 3.43. The maximum absolute atomic E-state index is 11.1. The highest BCUT2D eigenvalue weighted by molar-refractivity contribution is 5.92. The fraction of sp³-hybridized carbons (Fsp3) is 0.667. The highest BCUT2D eigenvalue weighted by Crippen LogP contribution is 2.14. The van der Waals surface area contributed by atoms with Crippen molar-refractivity contribution >= 4 is 5.91 Å². The number of carbonyl (C=O) groups excluding carboxylic acids is 1. The molecule has 3 nitrogen and oxygen atoms in total. The van der Waals surface area contributed by atoms with Gasteiger partial charge in [-0.15, -0.1) is 6.42 Å². The SMILES string of the molecule is C#CC(=O)N1CC(C)CC(N)C1. The van der Waals surface area contributed by atoms with Gasteiger partial charge in [0.15, 0.2) is 0 Å². The molecule has 1 fully saturated rings. The molecule has 2 unspecified atom stereocenters. The molecule has 1 rings (SSSR count). The zero-order valence-electron chi connectivity index (χ0n) is 7.29. The number of nitrogens with two attached hydrogens (primary N) is 1. The average Bonchev–Trinajstić information content (AvgIpc) is 2.01. The zero-order chi connectivity index (χ0) is 9.14. The van der Waals surface area contributed by atoms with Crippen LogP contribution in [0.3, 0.4) is 0 Å². The van der Waals surface area contributed by atoms with Crippen LogP contribution in [0.4, 0.5) is 0 Å². The molecule has 2 atom stereocenters. The lowest BCUT2D eigenvalue weighted by Gasteiger charge is -2.33. The number of carbonyl (C=O) groups is 1. The quantitative estimate of drug-likeness (QED) is 0.507. The molecule has 0 bridgehead atoms. The van der Waals surface area contributed by atoms with Crippen LogP contribution in [0, 0.1) is 18.3 Å². The van der Waals surface area contributed by atoms with E-state index in [1.807, 2.05) is 0 Å². The van der Waals surface area contributed by atoms with Crippen LogP contribution in [-0.2, 0) is 4.79 Å². The fourth-order valence-corrected chi connectivity index (χ4v) is 1.66. The van der Waals surface area contributed by atoms with Gasteiger partial charge in [0.25, 0.3) is 5.91 Å². The molecule has 0 aromatic carbocycles.